The topological polar surface area (TPSA) is 70.1 Å². The van der Waals surface area contributed by atoms with Crippen molar-refractivity contribution >= 4 is 11.8 Å². The molecule has 0 aromatic carbocycles. The smallest absolute Gasteiger partial charge is 0.360 e. The number of methoxy groups -OCH3 is 1. The van der Waals surface area contributed by atoms with Gasteiger partial charge in [0.25, 0.3) is 0 Å². The summed E-state index contributed by atoms with van der Waals surface area (Å²) < 4.78 is 6.77. The maximum atomic E-state index is 11.7. The molecule has 106 valence electrons. The summed E-state index contributed by atoms with van der Waals surface area (Å²) in [6, 6.07) is 0.295. The van der Waals surface area contributed by atoms with Gasteiger partial charge in [-0.2, -0.15) is 0 Å². The van der Waals surface area contributed by atoms with Crippen molar-refractivity contribution in [3.8, 4) is 0 Å². The molecule has 2 rings (SSSR count). The molecule has 1 aliphatic rings. The zero-order valence-corrected chi connectivity index (χ0v) is 12.0. The van der Waals surface area contributed by atoms with E-state index in [1.54, 1.807) is 0 Å². The van der Waals surface area contributed by atoms with E-state index in [9.17, 15) is 4.79 Å². The van der Waals surface area contributed by atoms with E-state index < -0.39 is 5.97 Å². The number of anilines is 1. The summed E-state index contributed by atoms with van der Waals surface area (Å²) in [5.41, 5.74) is 6.38. The Morgan fingerprint density at radius 3 is 2.68 bits per heavy atom. The van der Waals surface area contributed by atoms with Crippen molar-refractivity contribution in [2.24, 2.45) is 5.92 Å². The lowest BCUT2D eigenvalue weighted by Crippen LogP contribution is -2.18. The van der Waals surface area contributed by atoms with Gasteiger partial charge in [0.15, 0.2) is 5.69 Å². The predicted octanol–water partition coefficient (Wildman–Crippen LogP) is 2.57. The monoisotopic (exact) mass is 265 g/mol. The van der Waals surface area contributed by atoms with Crippen LogP contribution in [0, 0.1) is 5.92 Å². The molecule has 1 unspecified atom stereocenters. The van der Waals surface area contributed by atoms with Gasteiger partial charge in [-0.25, -0.2) is 9.78 Å². The van der Waals surface area contributed by atoms with Crippen LogP contribution in [0.4, 0.5) is 5.82 Å². The zero-order valence-electron chi connectivity index (χ0n) is 12.0. The van der Waals surface area contributed by atoms with Gasteiger partial charge in [0.05, 0.1) is 7.11 Å². The fourth-order valence-corrected chi connectivity index (χ4v) is 3.09. The van der Waals surface area contributed by atoms with E-state index in [0.29, 0.717) is 17.8 Å². The second-order valence-corrected chi connectivity index (χ2v) is 5.26. The third-order valence-corrected chi connectivity index (χ3v) is 4.21. The minimum Gasteiger partial charge on any atom is -0.464 e. The van der Waals surface area contributed by atoms with Crippen molar-refractivity contribution in [2.45, 2.75) is 52.0 Å². The molecule has 0 radical (unpaired) electrons. The number of aromatic nitrogens is 2. The fourth-order valence-electron chi connectivity index (χ4n) is 3.09. The quantitative estimate of drug-likeness (QED) is 0.849. The molecular formula is C14H23N3O2. The first-order valence-corrected chi connectivity index (χ1v) is 7.05. The normalized spacial score (nSPS) is 17.6. The van der Waals surface area contributed by atoms with Crippen LogP contribution in [0.5, 0.6) is 0 Å². The number of aryl methyl sites for hydroxylation is 1. The number of nitrogens with two attached hydrogens (primary N) is 1. The van der Waals surface area contributed by atoms with Gasteiger partial charge in [-0.3, -0.25) is 0 Å². The van der Waals surface area contributed by atoms with Crippen LogP contribution in [0.25, 0.3) is 0 Å². The molecule has 1 aliphatic carbocycles. The summed E-state index contributed by atoms with van der Waals surface area (Å²) in [6.45, 7) is 4.20. The first-order chi connectivity index (χ1) is 9.10. The highest BCUT2D eigenvalue weighted by molar-refractivity contribution is 5.92. The Bertz CT molecular complexity index is 462. The highest BCUT2D eigenvalue weighted by Gasteiger charge is 2.28. The molecule has 0 amide bonds. The van der Waals surface area contributed by atoms with Crippen LogP contribution in [0.1, 0.15) is 61.9 Å². The molecule has 1 heterocycles. The summed E-state index contributed by atoms with van der Waals surface area (Å²) in [5, 5.41) is 0. The van der Waals surface area contributed by atoms with Crippen LogP contribution in [0.3, 0.4) is 0 Å². The molecule has 1 saturated carbocycles. The second kappa shape index (κ2) is 5.63. The fraction of sp³-hybridized carbons (Fsp3) is 0.714. The maximum Gasteiger partial charge on any atom is 0.360 e. The Morgan fingerprint density at radius 1 is 1.53 bits per heavy atom. The molecule has 0 aliphatic heterocycles. The molecule has 0 bridgehead atoms. The van der Waals surface area contributed by atoms with Crippen molar-refractivity contribution in [1.82, 2.24) is 9.55 Å². The van der Waals surface area contributed by atoms with Crippen molar-refractivity contribution < 1.29 is 9.53 Å². The third kappa shape index (κ3) is 2.46. The highest BCUT2D eigenvalue weighted by Crippen LogP contribution is 2.36. The van der Waals surface area contributed by atoms with E-state index in [4.69, 9.17) is 10.5 Å². The van der Waals surface area contributed by atoms with Crippen LogP contribution in [0.15, 0.2) is 0 Å². The first-order valence-electron chi connectivity index (χ1n) is 7.05. The van der Waals surface area contributed by atoms with Gasteiger partial charge in [0.1, 0.15) is 11.6 Å². The Balaban J connectivity index is 2.37. The number of nitrogen functional groups attached to an aromatic ring is 1. The number of carbonyl (C=O) groups excluding carboxylic acids is 1. The van der Waals surface area contributed by atoms with Crippen LogP contribution in [-0.2, 0) is 11.2 Å². The Kier molecular flexibility index (Phi) is 4.12. The molecule has 5 nitrogen and oxygen atoms in total. The summed E-state index contributed by atoms with van der Waals surface area (Å²) >= 11 is 0. The molecular weight excluding hydrogens is 242 g/mol. The molecule has 19 heavy (non-hydrogen) atoms. The summed E-state index contributed by atoms with van der Waals surface area (Å²) in [6.07, 6.45) is 5.80. The predicted molar refractivity (Wildman–Crippen MR) is 74.0 cm³/mol. The van der Waals surface area contributed by atoms with Gasteiger partial charge in [-0.15, -0.1) is 0 Å². The third-order valence-electron chi connectivity index (χ3n) is 4.21. The van der Waals surface area contributed by atoms with E-state index >= 15 is 0 Å². The largest absolute Gasteiger partial charge is 0.464 e. The van der Waals surface area contributed by atoms with Crippen molar-refractivity contribution in [3.63, 3.8) is 0 Å². The standard InChI is InChI=1S/C14H23N3O2/c1-4-11-16-12(14(18)19-3)13(15)17(11)9(2)10-7-5-6-8-10/h9-10H,4-8,15H2,1-3H3. The van der Waals surface area contributed by atoms with Gasteiger partial charge in [-0.05, 0) is 25.7 Å². The van der Waals surface area contributed by atoms with E-state index in [2.05, 4.69) is 11.9 Å². The average molecular weight is 265 g/mol. The summed E-state index contributed by atoms with van der Waals surface area (Å²) in [4.78, 5) is 16.0. The van der Waals surface area contributed by atoms with Crippen molar-refractivity contribution in [2.75, 3.05) is 12.8 Å². The number of rotatable bonds is 4. The van der Waals surface area contributed by atoms with E-state index in [-0.39, 0.29) is 5.69 Å². The lowest BCUT2D eigenvalue weighted by molar-refractivity contribution is 0.0595. The van der Waals surface area contributed by atoms with Crippen LogP contribution in [-0.4, -0.2) is 22.6 Å². The van der Waals surface area contributed by atoms with Gasteiger partial charge < -0.3 is 15.0 Å². The van der Waals surface area contributed by atoms with Crippen molar-refractivity contribution in [3.05, 3.63) is 11.5 Å². The molecule has 1 fully saturated rings. The number of imidazole rings is 1. The van der Waals surface area contributed by atoms with E-state index in [1.807, 2.05) is 11.5 Å². The minimum absolute atomic E-state index is 0.254. The van der Waals surface area contributed by atoms with Crippen LogP contribution in [0.2, 0.25) is 0 Å². The van der Waals surface area contributed by atoms with Crippen LogP contribution >= 0.6 is 0 Å². The molecule has 0 saturated heterocycles. The van der Waals surface area contributed by atoms with Crippen molar-refractivity contribution in [1.29, 1.82) is 0 Å². The SMILES string of the molecule is CCc1nc(C(=O)OC)c(N)n1C(C)C1CCCC1. The number of hydrogen-bond acceptors (Lipinski definition) is 4. The van der Waals surface area contributed by atoms with Gasteiger partial charge in [0, 0.05) is 12.5 Å². The molecule has 2 N–H and O–H groups in total. The average Bonchev–Trinajstić information content (AvgIpc) is 3.04. The molecule has 1 aromatic heterocycles. The Labute approximate surface area is 114 Å². The highest BCUT2D eigenvalue weighted by atomic mass is 16.5. The minimum atomic E-state index is -0.454. The van der Waals surface area contributed by atoms with Gasteiger partial charge >= 0.3 is 5.97 Å². The number of nitrogens with zero attached hydrogens (tertiary/aromatic N) is 2. The lowest BCUT2D eigenvalue weighted by Gasteiger charge is -2.23. The zero-order chi connectivity index (χ0) is 14.0. The molecule has 0 spiro atoms. The lowest BCUT2D eigenvalue weighted by atomic mass is 9.99. The molecule has 1 atom stereocenters. The van der Waals surface area contributed by atoms with Crippen LogP contribution < -0.4 is 5.73 Å². The number of ether oxygens (including phenoxy) is 1. The number of hydrogen-bond donors (Lipinski definition) is 1. The number of carbonyl (C=O) groups is 1. The summed E-state index contributed by atoms with van der Waals surface area (Å²) in [7, 11) is 1.35. The molecule has 1 aromatic rings. The van der Waals surface area contributed by atoms with E-state index in [1.165, 1.54) is 32.8 Å². The van der Waals surface area contributed by atoms with Gasteiger partial charge in [0.2, 0.25) is 0 Å². The Morgan fingerprint density at radius 2 is 2.16 bits per heavy atom. The van der Waals surface area contributed by atoms with E-state index in [0.717, 1.165) is 12.2 Å². The summed E-state index contributed by atoms with van der Waals surface area (Å²) in [5.74, 6) is 1.50. The second-order valence-electron chi connectivity index (χ2n) is 5.26. The first kappa shape index (κ1) is 13.9. The maximum absolute atomic E-state index is 11.7. The van der Waals surface area contributed by atoms with Gasteiger partial charge in [-0.1, -0.05) is 19.8 Å². The number of esters is 1. The Hall–Kier alpha value is -1.52. The molecule has 5 heteroatoms.